The van der Waals surface area contributed by atoms with Crippen molar-refractivity contribution < 1.29 is 28.8 Å². The normalized spacial score (nSPS) is 15.2. The number of ether oxygens (including phenoxy) is 1. The van der Waals surface area contributed by atoms with Crippen LogP contribution in [0.3, 0.4) is 0 Å². The fourth-order valence-corrected chi connectivity index (χ4v) is 3.38. The molecule has 0 unspecified atom stereocenters. The van der Waals surface area contributed by atoms with Gasteiger partial charge in [0.2, 0.25) is 5.91 Å². The number of nitrogens with one attached hydrogen (secondary N) is 2. The van der Waals surface area contributed by atoms with E-state index < -0.39 is 46.8 Å². The quantitative estimate of drug-likeness (QED) is 0.369. The van der Waals surface area contributed by atoms with Crippen LogP contribution in [0.4, 0.5) is 11.4 Å². The van der Waals surface area contributed by atoms with Gasteiger partial charge in [-0.05, 0) is 31.5 Å². The molecule has 1 aliphatic rings. The van der Waals surface area contributed by atoms with Crippen molar-refractivity contribution in [3.63, 3.8) is 0 Å². The maximum absolute atomic E-state index is 12.4. The predicted molar refractivity (Wildman–Crippen MR) is 116 cm³/mol. The van der Waals surface area contributed by atoms with Crippen LogP contribution in [0.25, 0.3) is 0 Å². The van der Waals surface area contributed by atoms with Crippen LogP contribution < -0.4 is 10.7 Å². The van der Waals surface area contributed by atoms with E-state index in [2.05, 4.69) is 10.7 Å². The molecule has 33 heavy (non-hydrogen) atoms. The molecular formula is C22H22N4O7. The molecule has 0 saturated carbocycles. The van der Waals surface area contributed by atoms with E-state index in [0.29, 0.717) is 5.69 Å². The van der Waals surface area contributed by atoms with Gasteiger partial charge < -0.3 is 10.1 Å². The van der Waals surface area contributed by atoms with Gasteiger partial charge in [0.05, 0.1) is 17.4 Å². The van der Waals surface area contributed by atoms with E-state index in [4.69, 9.17) is 4.74 Å². The fraction of sp³-hybridized carbons (Fsp3) is 0.273. The van der Waals surface area contributed by atoms with Gasteiger partial charge in [-0.2, -0.15) is 0 Å². The van der Waals surface area contributed by atoms with Crippen molar-refractivity contribution in [2.75, 3.05) is 18.5 Å². The van der Waals surface area contributed by atoms with Crippen LogP contribution in [0.1, 0.15) is 27.9 Å². The molecule has 2 aromatic rings. The van der Waals surface area contributed by atoms with Crippen LogP contribution in [-0.2, 0) is 19.1 Å². The zero-order chi connectivity index (χ0) is 24.1. The molecule has 0 spiro atoms. The minimum atomic E-state index is -0.891. The Hall–Kier alpha value is -4.28. The number of aryl methyl sites for hydroxylation is 2. The van der Waals surface area contributed by atoms with Crippen LogP contribution in [0, 0.1) is 29.9 Å². The first kappa shape index (κ1) is 23.4. The van der Waals surface area contributed by atoms with Crippen LogP contribution in [0.2, 0.25) is 0 Å². The van der Waals surface area contributed by atoms with Gasteiger partial charge in [0, 0.05) is 18.2 Å². The molecule has 11 nitrogen and oxygen atoms in total. The van der Waals surface area contributed by atoms with E-state index in [9.17, 15) is 29.3 Å². The number of benzene rings is 2. The lowest BCUT2D eigenvalue weighted by molar-refractivity contribution is -0.385. The minimum absolute atomic E-state index is 0.178. The third-order valence-electron chi connectivity index (χ3n) is 5.04. The highest BCUT2D eigenvalue weighted by atomic mass is 16.6. The molecule has 11 heteroatoms. The Balaban J connectivity index is 1.53. The summed E-state index contributed by atoms with van der Waals surface area (Å²) in [5.41, 5.74) is 4.16. The molecule has 3 amide bonds. The Kier molecular flexibility index (Phi) is 7.01. The highest BCUT2D eigenvalue weighted by Crippen LogP contribution is 2.21. The van der Waals surface area contributed by atoms with E-state index >= 15 is 0 Å². The second-order valence-electron chi connectivity index (χ2n) is 7.59. The third-order valence-corrected chi connectivity index (χ3v) is 5.04. The first-order valence-corrected chi connectivity index (χ1v) is 10.0. The molecule has 1 saturated heterocycles. The van der Waals surface area contributed by atoms with Crippen LogP contribution in [-0.4, -0.2) is 46.8 Å². The number of esters is 1. The van der Waals surface area contributed by atoms with Crippen LogP contribution in [0.5, 0.6) is 0 Å². The average Bonchev–Trinajstić information content (AvgIpc) is 3.14. The molecular weight excluding hydrogens is 432 g/mol. The minimum Gasteiger partial charge on any atom is -0.455 e. The molecule has 2 N–H and O–H groups in total. The smallest absolute Gasteiger partial charge is 0.311 e. The lowest BCUT2D eigenvalue weighted by Gasteiger charge is -2.17. The second-order valence-corrected chi connectivity index (χ2v) is 7.59. The number of anilines is 1. The number of hydrogen-bond donors (Lipinski definition) is 2. The van der Waals surface area contributed by atoms with Crippen molar-refractivity contribution in [2.24, 2.45) is 5.92 Å². The van der Waals surface area contributed by atoms with Gasteiger partial charge in [-0.1, -0.05) is 29.8 Å². The summed E-state index contributed by atoms with van der Waals surface area (Å²) in [6.07, 6.45) is -0.227. The highest BCUT2D eigenvalue weighted by molar-refractivity contribution is 5.99. The number of amides is 3. The molecule has 1 heterocycles. The van der Waals surface area contributed by atoms with Crippen molar-refractivity contribution >= 4 is 35.1 Å². The van der Waals surface area contributed by atoms with Gasteiger partial charge in [-0.25, -0.2) is 0 Å². The summed E-state index contributed by atoms with van der Waals surface area (Å²) in [5.74, 6) is -3.58. The lowest BCUT2D eigenvalue weighted by atomic mass is 10.1. The molecule has 0 aliphatic carbocycles. The average molecular weight is 454 g/mol. The van der Waals surface area contributed by atoms with E-state index in [1.807, 2.05) is 26.0 Å². The van der Waals surface area contributed by atoms with E-state index in [1.54, 1.807) is 6.07 Å². The highest BCUT2D eigenvalue weighted by Gasteiger charge is 2.37. The zero-order valence-electron chi connectivity index (χ0n) is 18.0. The van der Waals surface area contributed by atoms with Gasteiger partial charge in [0.15, 0.2) is 6.61 Å². The molecule has 2 aromatic carbocycles. The Morgan fingerprint density at radius 1 is 1.18 bits per heavy atom. The first-order chi connectivity index (χ1) is 15.7. The molecule has 0 bridgehead atoms. The first-order valence-electron chi connectivity index (χ1n) is 10.0. The molecule has 3 rings (SSSR count). The number of nitrogens with zero attached hydrogens (tertiary/aromatic N) is 2. The van der Waals surface area contributed by atoms with E-state index in [1.165, 1.54) is 24.3 Å². The summed E-state index contributed by atoms with van der Waals surface area (Å²) >= 11 is 0. The maximum atomic E-state index is 12.4. The van der Waals surface area contributed by atoms with Crippen LogP contribution in [0.15, 0.2) is 42.5 Å². The summed E-state index contributed by atoms with van der Waals surface area (Å²) in [5, 5.41) is 14.7. The SMILES string of the molecule is Cc1ccc(NC(=O)COC(=O)[C@@H]2CC(=O)N(NC(=O)c3ccccc3[N+](=O)[O-])C2)c(C)c1. The lowest BCUT2D eigenvalue weighted by Crippen LogP contribution is -2.43. The summed E-state index contributed by atoms with van der Waals surface area (Å²) in [4.78, 5) is 59.4. The summed E-state index contributed by atoms with van der Waals surface area (Å²) < 4.78 is 5.03. The number of nitro benzene ring substituents is 1. The van der Waals surface area contributed by atoms with E-state index in [-0.39, 0.29) is 18.5 Å². The molecule has 1 atom stereocenters. The third kappa shape index (κ3) is 5.70. The second kappa shape index (κ2) is 9.90. The monoisotopic (exact) mass is 454 g/mol. The number of carbonyl (C=O) groups is 4. The Morgan fingerprint density at radius 3 is 2.61 bits per heavy atom. The van der Waals surface area contributed by atoms with Gasteiger partial charge in [-0.3, -0.25) is 39.7 Å². The van der Waals surface area contributed by atoms with Gasteiger partial charge in [-0.15, -0.1) is 0 Å². The zero-order valence-corrected chi connectivity index (χ0v) is 18.0. The van der Waals surface area contributed by atoms with Crippen molar-refractivity contribution in [3.05, 3.63) is 69.3 Å². The number of nitro groups is 1. The molecule has 172 valence electrons. The van der Waals surface area contributed by atoms with Crippen molar-refractivity contribution in [3.8, 4) is 0 Å². The van der Waals surface area contributed by atoms with E-state index in [0.717, 1.165) is 16.1 Å². The van der Waals surface area contributed by atoms with Gasteiger partial charge in [0.1, 0.15) is 5.56 Å². The summed E-state index contributed by atoms with van der Waals surface area (Å²) in [7, 11) is 0. The Labute approximate surface area is 188 Å². The van der Waals surface area contributed by atoms with Crippen LogP contribution >= 0.6 is 0 Å². The number of hydrazine groups is 1. The standard InChI is InChI=1S/C22H22N4O7/c1-13-7-8-17(14(2)9-13)23-19(27)12-33-22(30)15-10-20(28)25(11-15)24-21(29)16-5-3-4-6-18(16)26(31)32/h3-9,15H,10-12H2,1-2H3,(H,23,27)(H,24,29)/t15-/m1/s1. The maximum Gasteiger partial charge on any atom is 0.311 e. The molecule has 0 radical (unpaired) electrons. The number of carbonyl (C=O) groups excluding carboxylic acids is 4. The van der Waals surface area contributed by atoms with Crippen molar-refractivity contribution in [1.82, 2.24) is 10.4 Å². The van der Waals surface area contributed by atoms with Crippen molar-refractivity contribution in [1.29, 1.82) is 0 Å². The Morgan fingerprint density at radius 2 is 1.91 bits per heavy atom. The number of hydrogen-bond acceptors (Lipinski definition) is 7. The van der Waals surface area contributed by atoms with Gasteiger partial charge in [0.25, 0.3) is 17.5 Å². The fourth-order valence-electron chi connectivity index (χ4n) is 3.38. The molecule has 1 aliphatic heterocycles. The predicted octanol–water partition coefficient (Wildman–Crippen LogP) is 1.89. The molecule has 0 aromatic heterocycles. The summed E-state index contributed by atoms with van der Waals surface area (Å²) in [6.45, 7) is 3.06. The topological polar surface area (TPSA) is 148 Å². The number of para-hydroxylation sites is 1. The van der Waals surface area contributed by atoms with Gasteiger partial charge >= 0.3 is 5.97 Å². The molecule has 1 fully saturated rings. The van der Waals surface area contributed by atoms with Crippen molar-refractivity contribution in [2.45, 2.75) is 20.3 Å². The summed E-state index contributed by atoms with van der Waals surface area (Å²) in [6, 6.07) is 10.8. The Bertz CT molecular complexity index is 1130. The largest absolute Gasteiger partial charge is 0.455 e. The number of rotatable bonds is 7.